The Morgan fingerprint density at radius 2 is 1.51 bits per heavy atom. The highest BCUT2D eigenvalue weighted by Gasteiger charge is 2.47. The average Bonchev–Trinajstić information content (AvgIpc) is 3.16. The Morgan fingerprint density at radius 1 is 0.892 bits per heavy atom. The van der Waals surface area contributed by atoms with Gasteiger partial charge >= 0.3 is 0 Å². The predicted octanol–water partition coefficient (Wildman–Crippen LogP) is 4.22. The number of aryl methyl sites for hydroxylation is 1. The summed E-state index contributed by atoms with van der Waals surface area (Å²) in [6.45, 7) is 5.26. The number of aliphatic hydroxyl groups is 1. The molecule has 2 N–H and O–H groups in total. The van der Waals surface area contributed by atoms with Crippen LogP contribution in [0.3, 0.4) is 0 Å². The Balaban J connectivity index is 1.58. The molecule has 7 nitrogen and oxygen atoms in total. The SMILES string of the molecule is Cc1cc(/C(O)=C2/C(=O)C(=O)N(c3ccc(N4CCN(C)CC4)cc3)C2c2ccc(O)cc2)ccc1F. The highest BCUT2D eigenvalue weighted by molar-refractivity contribution is 6.51. The number of halogens is 1. The molecule has 0 bridgehead atoms. The van der Waals surface area contributed by atoms with Crippen molar-refractivity contribution < 1.29 is 24.2 Å². The Hall–Kier alpha value is -4.17. The maximum Gasteiger partial charge on any atom is 0.300 e. The van der Waals surface area contributed by atoms with Crippen molar-refractivity contribution in [3.05, 3.63) is 94.8 Å². The molecular weight excluding hydrogens is 473 g/mol. The van der Waals surface area contributed by atoms with Crippen molar-refractivity contribution in [1.29, 1.82) is 0 Å². The van der Waals surface area contributed by atoms with Crippen molar-refractivity contribution in [2.45, 2.75) is 13.0 Å². The number of carbonyl (C=O) groups is 2. The monoisotopic (exact) mass is 501 g/mol. The van der Waals surface area contributed by atoms with Crippen LogP contribution in [-0.4, -0.2) is 60.0 Å². The van der Waals surface area contributed by atoms with Crippen molar-refractivity contribution in [2.75, 3.05) is 43.0 Å². The second-order valence-electron chi connectivity index (χ2n) is 9.53. The van der Waals surface area contributed by atoms with E-state index in [0.29, 0.717) is 16.8 Å². The smallest absolute Gasteiger partial charge is 0.300 e. The van der Waals surface area contributed by atoms with Crippen LogP contribution in [-0.2, 0) is 9.59 Å². The second-order valence-corrected chi connectivity index (χ2v) is 9.53. The highest BCUT2D eigenvalue weighted by Crippen LogP contribution is 2.43. The average molecular weight is 502 g/mol. The molecule has 0 spiro atoms. The van der Waals surface area contributed by atoms with Gasteiger partial charge < -0.3 is 20.0 Å². The van der Waals surface area contributed by atoms with Crippen LogP contribution in [0.15, 0.2) is 72.3 Å². The Labute approximate surface area is 214 Å². The molecule has 2 heterocycles. The summed E-state index contributed by atoms with van der Waals surface area (Å²) < 4.78 is 13.9. The number of rotatable bonds is 4. The van der Waals surface area contributed by atoms with E-state index in [4.69, 9.17) is 0 Å². The van der Waals surface area contributed by atoms with Gasteiger partial charge in [0.15, 0.2) is 0 Å². The zero-order valence-corrected chi connectivity index (χ0v) is 20.7. The Kier molecular flexibility index (Phi) is 6.43. The first kappa shape index (κ1) is 24.5. The largest absolute Gasteiger partial charge is 0.508 e. The lowest BCUT2D eigenvalue weighted by Gasteiger charge is -2.34. The minimum Gasteiger partial charge on any atom is -0.508 e. The molecule has 2 saturated heterocycles. The normalized spacial score (nSPS) is 20.0. The number of ketones is 1. The van der Waals surface area contributed by atoms with Crippen LogP contribution in [0.2, 0.25) is 0 Å². The number of piperazine rings is 1. The number of carbonyl (C=O) groups excluding carboxylic acids is 2. The molecule has 1 amide bonds. The van der Waals surface area contributed by atoms with E-state index in [9.17, 15) is 24.2 Å². The molecule has 2 aliphatic rings. The van der Waals surface area contributed by atoms with Gasteiger partial charge in [-0.3, -0.25) is 14.5 Å². The number of benzene rings is 3. The first-order valence-corrected chi connectivity index (χ1v) is 12.1. The van der Waals surface area contributed by atoms with Gasteiger partial charge in [0.2, 0.25) is 0 Å². The first-order valence-electron chi connectivity index (χ1n) is 12.1. The lowest BCUT2D eigenvalue weighted by molar-refractivity contribution is -0.132. The molecule has 3 aromatic rings. The molecule has 8 heteroatoms. The van der Waals surface area contributed by atoms with E-state index in [1.54, 1.807) is 31.2 Å². The van der Waals surface area contributed by atoms with E-state index in [1.807, 2.05) is 12.1 Å². The summed E-state index contributed by atoms with van der Waals surface area (Å²) in [6.07, 6.45) is 0. The summed E-state index contributed by atoms with van der Waals surface area (Å²) >= 11 is 0. The first-order chi connectivity index (χ1) is 17.7. The van der Waals surface area contributed by atoms with Gasteiger partial charge in [-0.2, -0.15) is 0 Å². The van der Waals surface area contributed by atoms with Crippen LogP contribution in [0, 0.1) is 12.7 Å². The van der Waals surface area contributed by atoms with Gasteiger partial charge in [0.1, 0.15) is 17.3 Å². The van der Waals surface area contributed by atoms with Crippen LogP contribution < -0.4 is 9.80 Å². The molecule has 0 aliphatic carbocycles. The molecule has 2 aliphatic heterocycles. The van der Waals surface area contributed by atoms with Gasteiger partial charge in [0, 0.05) is 43.1 Å². The van der Waals surface area contributed by atoms with Gasteiger partial charge in [-0.1, -0.05) is 12.1 Å². The minimum absolute atomic E-state index is 0.0337. The number of phenolic OH excluding ortho intramolecular Hbond substituents is 1. The summed E-state index contributed by atoms with van der Waals surface area (Å²) in [5.41, 5.74) is 2.53. The van der Waals surface area contributed by atoms with Crippen molar-refractivity contribution in [3.63, 3.8) is 0 Å². The fraction of sp³-hybridized carbons (Fsp3) is 0.241. The fourth-order valence-corrected chi connectivity index (χ4v) is 4.91. The predicted molar refractivity (Wildman–Crippen MR) is 140 cm³/mol. The van der Waals surface area contributed by atoms with Crippen molar-refractivity contribution in [2.24, 2.45) is 0 Å². The molecule has 2 fully saturated rings. The van der Waals surface area contributed by atoms with E-state index in [1.165, 1.54) is 35.2 Å². The maximum absolute atomic E-state index is 13.9. The molecule has 37 heavy (non-hydrogen) atoms. The molecular formula is C29H28FN3O4. The number of anilines is 2. The van der Waals surface area contributed by atoms with E-state index in [2.05, 4.69) is 16.8 Å². The molecule has 0 radical (unpaired) electrons. The van der Waals surface area contributed by atoms with Crippen LogP contribution in [0.25, 0.3) is 5.76 Å². The van der Waals surface area contributed by atoms with Crippen LogP contribution >= 0.6 is 0 Å². The lowest BCUT2D eigenvalue weighted by atomic mass is 9.94. The summed E-state index contributed by atoms with van der Waals surface area (Å²) in [5, 5.41) is 21.0. The standard InChI is InChI=1S/C29H28FN3O4/c1-18-17-20(5-12-24(18)30)27(35)25-26(19-3-10-23(34)11-4-19)33(29(37)28(25)36)22-8-6-21(7-9-22)32-15-13-31(2)14-16-32/h3-12,17,26,34-35H,13-16H2,1-2H3/b27-25-. The van der Waals surface area contributed by atoms with E-state index >= 15 is 0 Å². The number of amides is 1. The third kappa shape index (κ3) is 4.56. The lowest BCUT2D eigenvalue weighted by Crippen LogP contribution is -2.44. The molecule has 1 atom stereocenters. The summed E-state index contributed by atoms with van der Waals surface area (Å²) in [7, 11) is 2.09. The van der Waals surface area contributed by atoms with Crippen molar-refractivity contribution >= 4 is 28.8 Å². The van der Waals surface area contributed by atoms with Crippen molar-refractivity contribution in [1.82, 2.24) is 4.90 Å². The molecule has 190 valence electrons. The molecule has 3 aromatic carbocycles. The molecule has 1 unspecified atom stereocenters. The number of hydrogen-bond donors (Lipinski definition) is 2. The highest BCUT2D eigenvalue weighted by atomic mass is 19.1. The van der Waals surface area contributed by atoms with Gasteiger partial charge in [0.05, 0.1) is 11.6 Å². The molecule has 5 rings (SSSR count). The van der Waals surface area contributed by atoms with Crippen LogP contribution in [0.4, 0.5) is 15.8 Å². The van der Waals surface area contributed by atoms with Gasteiger partial charge in [0.25, 0.3) is 11.7 Å². The Bertz CT molecular complexity index is 1380. The topological polar surface area (TPSA) is 84.3 Å². The van der Waals surface area contributed by atoms with Gasteiger partial charge in [-0.25, -0.2) is 4.39 Å². The van der Waals surface area contributed by atoms with Gasteiger partial charge in [-0.05, 0) is 79.7 Å². The molecule has 0 saturated carbocycles. The van der Waals surface area contributed by atoms with Gasteiger partial charge in [-0.15, -0.1) is 0 Å². The van der Waals surface area contributed by atoms with Crippen LogP contribution in [0.5, 0.6) is 5.75 Å². The fourth-order valence-electron chi connectivity index (χ4n) is 4.91. The van der Waals surface area contributed by atoms with Crippen LogP contribution in [0.1, 0.15) is 22.7 Å². The quantitative estimate of drug-likeness (QED) is 0.317. The second kappa shape index (κ2) is 9.71. The number of phenols is 1. The molecule has 0 aromatic heterocycles. The zero-order valence-electron chi connectivity index (χ0n) is 20.7. The number of hydrogen-bond acceptors (Lipinski definition) is 6. The summed E-state index contributed by atoms with van der Waals surface area (Å²) in [6, 6.07) is 16.7. The minimum atomic E-state index is -0.930. The third-order valence-corrected chi connectivity index (χ3v) is 7.08. The number of likely N-dealkylation sites (N-methyl/N-ethyl adjacent to an activating group) is 1. The summed E-state index contributed by atoms with van der Waals surface area (Å²) in [4.78, 5) is 32.6. The van der Waals surface area contributed by atoms with E-state index in [-0.39, 0.29) is 22.6 Å². The zero-order chi connectivity index (χ0) is 26.3. The number of Topliss-reactive ketones (excluding diaryl/α,β-unsaturated/α-hetero) is 1. The number of nitrogens with zero attached hydrogens (tertiary/aromatic N) is 3. The maximum atomic E-state index is 13.9. The van der Waals surface area contributed by atoms with Crippen molar-refractivity contribution in [3.8, 4) is 5.75 Å². The third-order valence-electron chi connectivity index (χ3n) is 7.08. The summed E-state index contributed by atoms with van der Waals surface area (Å²) in [5.74, 6) is -2.39. The Morgan fingerprint density at radius 3 is 2.14 bits per heavy atom. The number of aromatic hydroxyl groups is 1. The van der Waals surface area contributed by atoms with E-state index in [0.717, 1.165) is 31.9 Å². The number of aliphatic hydroxyl groups excluding tert-OH is 1. The van der Waals surface area contributed by atoms with E-state index < -0.39 is 23.5 Å².